The summed E-state index contributed by atoms with van der Waals surface area (Å²) in [6.07, 6.45) is 68.8. The number of halogens is 1. The van der Waals surface area contributed by atoms with Crippen molar-refractivity contribution in [1.82, 2.24) is 0 Å². The Bertz CT molecular complexity index is 1510. The lowest BCUT2D eigenvalue weighted by atomic mass is 9.83. The van der Waals surface area contributed by atoms with Crippen molar-refractivity contribution in [1.29, 1.82) is 0 Å². The normalized spacial score (nSPS) is 36.9. The lowest BCUT2D eigenvalue weighted by molar-refractivity contribution is 0.000174. The fourth-order valence-corrected chi connectivity index (χ4v) is 17.1. The second-order valence-corrected chi connectivity index (χ2v) is 41.8. The molecule has 13 aliphatic rings. The largest absolute Gasteiger partial charge is 0.412 e. The Kier molecular flexibility index (Phi) is 77.3. The number of allylic oxidation sites excluding steroid dienone is 4. The first-order valence-electron chi connectivity index (χ1n) is 47.8. The molecular formula is C104H221FO5. The summed E-state index contributed by atoms with van der Waals surface area (Å²) in [6.45, 7) is 61.8. The van der Waals surface area contributed by atoms with Crippen molar-refractivity contribution in [2.75, 3.05) is 13.2 Å². The number of hydrogen-bond acceptors (Lipinski definition) is 2. The lowest BCUT2D eigenvalue weighted by Gasteiger charge is -2.26. The fraction of sp³-hybridized carbons (Fsp3) is 0.962. The van der Waals surface area contributed by atoms with E-state index in [9.17, 15) is 4.39 Å². The van der Waals surface area contributed by atoms with Crippen LogP contribution < -0.4 is 0 Å². The van der Waals surface area contributed by atoms with Gasteiger partial charge in [-0.05, 0) is 235 Å². The number of rotatable bonds is 0. The summed E-state index contributed by atoms with van der Waals surface area (Å²) in [4.78, 5) is 0. The van der Waals surface area contributed by atoms with Gasteiger partial charge >= 0.3 is 0 Å². The van der Waals surface area contributed by atoms with Crippen LogP contribution in [0, 0.1) is 130 Å². The summed E-state index contributed by atoms with van der Waals surface area (Å²) in [5.74, 6) is 20.7. The van der Waals surface area contributed by atoms with Crippen LogP contribution in [0.15, 0.2) is 23.3 Å². The van der Waals surface area contributed by atoms with Gasteiger partial charge in [-0.2, -0.15) is 0 Å². The third kappa shape index (κ3) is 69.2. The number of alkyl halides is 1. The van der Waals surface area contributed by atoms with Crippen molar-refractivity contribution in [3.8, 4) is 0 Å². The molecule has 0 aromatic heterocycles. The van der Waals surface area contributed by atoms with Gasteiger partial charge in [-0.25, -0.2) is 4.39 Å². The minimum absolute atomic E-state index is 0. The Morgan fingerprint density at radius 3 is 0.509 bits per heavy atom. The van der Waals surface area contributed by atoms with Crippen LogP contribution in [0.1, 0.15) is 490 Å². The maximum Gasteiger partial charge on any atom is 0.103 e. The first-order valence-corrected chi connectivity index (χ1v) is 47.8. The smallest absolute Gasteiger partial charge is 0.103 e. The van der Waals surface area contributed by atoms with Crippen LogP contribution in [0.3, 0.4) is 0 Å². The molecule has 110 heavy (non-hydrogen) atoms. The predicted molar refractivity (Wildman–Crippen MR) is 505 cm³/mol. The van der Waals surface area contributed by atoms with Gasteiger partial charge in [0, 0.05) is 18.9 Å². The highest BCUT2D eigenvalue weighted by atomic mass is 19.1. The molecule has 2 saturated heterocycles. The third-order valence-electron chi connectivity index (χ3n) is 28.1. The zero-order valence-electron chi connectivity index (χ0n) is 78.5. The second kappa shape index (κ2) is 72.2. The first kappa shape index (κ1) is 118. The first-order chi connectivity index (χ1) is 49.7. The molecule has 6 heteroatoms. The maximum absolute atomic E-state index is 12.8. The van der Waals surface area contributed by atoms with Gasteiger partial charge in [0.15, 0.2) is 0 Å². The third-order valence-corrected chi connectivity index (χ3v) is 28.1. The Hall–Kier alpha value is -0.790. The molecule has 0 aromatic carbocycles. The van der Waals surface area contributed by atoms with Crippen molar-refractivity contribution in [2.45, 2.75) is 502 Å². The molecular weight excluding hydrogens is 1350 g/mol. The summed E-state index contributed by atoms with van der Waals surface area (Å²) >= 11 is 0. The molecule has 13 rings (SSSR count). The van der Waals surface area contributed by atoms with E-state index in [0.29, 0.717) is 24.0 Å². The minimum Gasteiger partial charge on any atom is -0.412 e. The molecule has 11 fully saturated rings. The van der Waals surface area contributed by atoms with Crippen LogP contribution in [-0.4, -0.2) is 48.0 Å². The molecule has 0 spiro atoms. The van der Waals surface area contributed by atoms with E-state index in [2.05, 4.69) is 185 Å². The number of ether oxygens (including phenoxy) is 2. The van der Waals surface area contributed by atoms with E-state index in [0.717, 1.165) is 144 Å². The molecule has 0 aromatic rings. The predicted octanol–water partition coefficient (Wildman–Crippen LogP) is 34.4. The van der Waals surface area contributed by atoms with E-state index < -0.39 is 6.17 Å². The highest BCUT2D eigenvalue weighted by molar-refractivity contribution is 5.02. The molecule has 0 amide bonds. The summed E-state index contributed by atoms with van der Waals surface area (Å²) in [5.41, 5.74) is 3.17. The maximum atomic E-state index is 12.8. The van der Waals surface area contributed by atoms with Gasteiger partial charge in [0.05, 0.1) is 12.2 Å². The van der Waals surface area contributed by atoms with Crippen molar-refractivity contribution >= 4 is 0 Å². The zero-order chi connectivity index (χ0) is 78.7. The van der Waals surface area contributed by atoms with Gasteiger partial charge in [-0.1, -0.05) is 402 Å². The van der Waals surface area contributed by atoms with Crippen LogP contribution in [0.4, 0.5) is 4.39 Å². The molecule has 674 valence electrons. The zero-order valence-corrected chi connectivity index (χ0v) is 78.5. The Morgan fingerprint density at radius 1 is 0.236 bits per heavy atom. The molecule has 2 aliphatic heterocycles. The van der Waals surface area contributed by atoms with Crippen molar-refractivity contribution in [3.05, 3.63) is 23.3 Å². The average Bonchev–Trinajstić information content (AvgIpc) is 0.901. The van der Waals surface area contributed by atoms with Crippen LogP contribution in [-0.2, 0) is 9.47 Å². The SMILES string of the molecule is C.C.CC1=CCC(C)CC1.CC1=CCC(C)CC1.CC1CCC(C)C(F)C1.CC1CCC(C)CC1.CC1CCC(C)CC1.CC1CCC(C)CC1.CC1CCC(C)CC1.CC1CCC(C)CC1.CC1CCC(C)CC1.CC1CCC(C)CC1.CC1CCC(C)CC1.CC1CCC(C)OC1.CC1CCC(C)OC1.O.O.O.[2HH].[HH].[HH].[HH]. The van der Waals surface area contributed by atoms with Gasteiger partial charge < -0.3 is 25.9 Å². The van der Waals surface area contributed by atoms with Crippen LogP contribution in [0.5, 0.6) is 0 Å². The van der Waals surface area contributed by atoms with Gasteiger partial charge in [-0.15, -0.1) is 0 Å². The quantitative estimate of drug-likeness (QED) is 0.225. The van der Waals surface area contributed by atoms with E-state index in [1.165, 1.54) is 276 Å². The van der Waals surface area contributed by atoms with E-state index in [1.807, 2.05) is 6.92 Å². The molecule has 9 atom stereocenters. The fourth-order valence-electron chi connectivity index (χ4n) is 17.1. The molecule has 0 bridgehead atoms. The molecule has 0 radical (unpaired) electrons. The summed E-state index contributed by atoms with van der Waals surface area (Å²) in [6, 6.07) is 0. The summed E-state index contributed by atoms with van der Waals surface area (Å²) in [7, 11) is 0. The van der Waals surface area contributed by atoms with Crippen LogP contribution in [0.25, 0.3) is 0 Å². The van der Waals surface area contributed by atoms with Gasteiger partial charge in [0.2, 0.25) is 0 Å². The highest BCUT2D eigenvalue weighted by Gasteiger charge is 2.25. The van der Waals surface area contributed by atoms with E-state index in [-0.39, 0.29) is 37.0 Å². The van der Waals surface area contributed by atoms with Crippen molar-refractivity contribution in [3.63, 3.8) is 0 Å². The Morgan fingerprint density at radius 2 is 0.400 bits per heavy atom. The van der Waals surface area contributed by atoms with E-state index in [1.54, 1.807) is 11.1 Å². The van der Waals surface area contributed by atoms with Crippen molar-refractivity contribution < 1.29 is 36.0 Å². The monoisotopic (exact) mass is 1570 g/mol. The molecule has 9 unspecified atom stereocenters. The summed E-state index contributed by atoms with van der Waals surface area (Å²) in [5, 5.41) is 0. The molecule has 6 N–H and O–H groups in total. The van der Waals surface area contributed by atoms with Gasteiger partial charge in [-0.3, -0.25) is 0 Å². The topological polar surface area (TPSA) is 113 Å². The molecule has 5 nitrogen and oxygen atoms in total. The molecule has 9 saturated carbocycles. The van der Waals surface area contributed by atoms with Crippen LogP contribution in [0.2, 0.25) is 0 Å². The van der Waals surface area contributed by atoms with E-state index >= 15 is 0 Å². The molecule has 2 heterocycles. The van der Waals surface area contributed by atoms with E-state index in [4.69, 9.17) is 9.47 Å². The average molecular weight is 1570 g/mol. The van der Waals surface area contributed by atoms with Crippen LogP contribution >= 0.6 is 0 Å². The van der Waals surface area contributed by atoms with Gasteiger partial charge in [0.1, 0.15) is 6.17 Å². The van der Waals surface area contributed by atoms with Gasteiger partial charge in [0.25, 0.3) is 0 Å². The minimum atomic E-state index is -0.520. The van der Waals surface area contributed by atoms with Crippen molar-refractivity contribution in [2.24, 2.45) is 130 Å². The number of hydrogen-bond donors (Lipinski definition) is 0. The Balaban J connectivity index is -0.000000149. The standard InChI is InChI=1S/C8H15F.8C8H16.2C8H14.2C7H14O.2CH4.3H2O.4H2/c1-6-3-4-7(2)8(9)5-6;10*1-7-3-5-8(2)6-4-7;2*1-6-3-4-7(2)8-5-6;;;;;;;;;/h6-8H,3-5H2,1-2H3;8*7-8H,3-6H2,1-2H3;2*3,8H,4-6H2,1-2H3;2*6-7H,3-5H2,1-2H3;2*1H4;3*1H2;4*1H/i;;;;;;;;;;;;;;;;;;1+1;;;. The molecule has 11 aliphatic carbocycles. The summed E-state index contributed by atoms with van der Waals surface area (Å²) < 4.78 is 23.6. The Labute approximate surface area is 701 Å². The lowest BCUT2D eigenvalue weighted by Crippen LogP contribution is -2.22. The highest BCUT2D eigenvalue weighted by Crippen LogP contribution is 2.35. The second-order valence-electron chi connectivity index (χ2n) is 41.8.